The molecule has 11 heteroatoms. The molecule has 4 rings (SSSR count). The maximum atomic E-state index is 12.4. The molecule has 1 N–H and O–H groups in total. The average molecular weight is 507 g/mol. The number of rotatable bonds is 10. The molecule has 0 aliphatic rings. The van der Waals surface area contributed by atoms with Crippen LogP contribution in [-0.2, 0) is 11.8 Å². The molecule has 36 heavy (non-hydrogen) atoms. The third kappa shape index (κ3) is 5.36. The minimum Gasteiger partial charge on any atom is -0.493 e. The zero-order chi connectivity index (χ0) is 25.5. The van der Waals surface area contributed by atoms with Crippen molar-refractivity contribution in [2.45, 2.75) is 5.16 Å². The van der Waals surface area contributed by atoms with Crippen molar-refractivity contribution in [2.75, 3.05) is 27.1 Å². The fourth-order valence-electron chi connectivity index (χ4n) is 3.51. The number of para-hydroxylation sites is 1. The number of nitrogens with one attached hydrogen (secondary N) is 1. The Morgan fingerprint density at radius 2 is 1.75 bits per heavy atom. The van der Waals surface area contributed by atoms with Gasteiger partial charge < -0.3 is 18.8 Å². The topological polar surface area (TPSA) is 105 Å². The highest BCUT2D eigenvalue weighted by Gasteiger charge is 2.21. The van der Waals surface area contributed by atoms with Crippen LogP contribution >= 0.6 is 11.8 Å². The number of amides is 1. The van der Waals surface area contributed by atoms with Gasteiger partial charge in [0.05, 0.1) is 39.0 Å². The highest BCUT2D eigenvalue weighted by atomic mass is 32.2. The number of hydrazone groups is 1. The molecule has 0 unspecified atom stereocenters. The van der Waals surface area contributed by atoms with E-state index in [1.54, 1.807) is 27.5 Å². The predicted molar refractivity (Wildman–Crippen MR) is 138 cm³/mol. The van der Waals surface area contributed by atoms with Gasteiger partial charge in [0.25, 0.3) is 5.91 Å². The number of carbonyl (C=O) groups excluding carboxylic acids is 1. The Morgan fingerprint density at radius 3 is 2.36 bits per heavy atom. The van der Waals surface area contributed by atoms with Gasteiger partial charge in [-0.2, -0.15) is 5.10 Å². The van der Waals surface area contributed by atoms with Gasteiger partial charge in [-0.15, -0.1) is 10.2 Å². The molecule has 1 amide bonds. The van der Waals surface area contributed by atoms with Gasteiger partial charge in [0.1, 0.15) is 0 Å². The van der Waals surface area contributed by atoms with Crippen LogP contribution in [0, 0.1) is 0 Å². The Labute approximate surface area is 212 Å². The van der Waals surface area contributed by atoms with Crippen LogP contribution in [0.3, 0.4) is 0 Å². The molecule has 0 saturated carbocycles. The molecular weight excluding hydrogens is 480 g/mol. The smallest absolute Gasteiger partial charge is 0.250 e. The standard InChI is InChI=1S/C25H26N6O4S/c1-30-12-8-11-19(30)15-26-27-22(32)16-36-25-29-28-24(31(25)18-9-6-5-7-10-18)17-13-20(33-2)23(35-4)21(14-17)34-3/h5-15H,16H2,1-4H3,(H,27,32). The summed E-state index contributed by atoms with van der Waals surface area (Å²) in [6.07, 6.45) is 3.50. The van der Waals surface area contributed by atoms with Crippen molar-refractivity contribution in [2.24, 2.45) is 12.1 Å². The number of aromatic nitrogens is 4. The first kappa shape index (κ1) is 24.9. The molecule has 0 radical (unpaired) electrons. The van der Waals surface area contributed by atoms with E-state index in [1.807, 2.05) is 77.0 Å². The summed E-state index contributed by atoms with van der Waals surface area (Å²) in [5.74, 6) is 1.88. The van der Waals surface area contributed by atoms with E-state index in [-0.39, 0.29) is 11.7 Å². The molecule has 0 atom stereocenters. The van der Waals surface area contributed by atoms with Gasteiger partial charge in [0.15, 0.2) is 22.5 Å². The third-order valence-corrected chi connectivity index (χ3v) is 6.20. The van der Waals surface area contributed by atoms with E-state index in [9.17, 15) is 4.79 Å². The average Bonchev–Trinajstić information content (AvgIpc) is 3.53. The summed E-state index contributed by atoms with van der Waals surface area (Å²) in [4.78, 5) is 12.4. The lowest BCUT2D eigenvalue weighted by Gasteiger charge is -2.15. The van der Waals surface area contributed by atoms with Crippen LogP contribution in [0.4, 0.5) is 0 Å². The quantitative estimate of drug-likeness (QED) is 0.199. The number of hydrogen-bond acceptors (Lipinski definition) is 8. The second kappa shape index (κ2) is 11.5. The van der Waals surface area contributed by atoms with Crippen molar-refractivity contribution in [1.29, 1.82) is 0 Å². The number of nitrogens with zero attached hydrogens (tertiary/aromatic N) is 5. The van der Waals surface area contributed by atoms with Crippen molar-refractivity contribution in [1.82, 2.24) is 24.8 Å². The summed E-state index contributed by atoms with van der Waals surface area (Å²) in [5.41, 5.74) is 4.98. The fraction of sp³-hybridized carbons (Fsp3) is 0.200. The van der Waals surface area contributed by atoms with E-state index in [4.69, 9.17) is 14.2 Å². The van der Waals surface area contributed by atoms with Crippen LogP contribution < -0.4 is 19.6 Å². The number of benzene rings is 2. The Kier molecular flexibility index (Phi) is 7.91. The summed E-state index contributed by atoms with van der Waals surface area (Å²) < 4.78 is 20.2. The van der Waals surface area contributed by atoms with Gasteiger partial charge in [-0.1, -0.05) is 30.0 Å². The summed E-state index contributed by atoms with van der Waals surface area (Å²) in [6, 6.07) is 17.1. The van der Waals surface area contributed by atoms with Gasteiger partial charge >= 0.3 is 0 Å². The van der Waals surface area contributed by atoms with Crippen LogP contribution in [0.2, 0.25) is 0 Å². The van der Waals surface area contributed by atoms with E-state index in [0.717, 1.165) is 11.4 Å². The highest BCUT2D eigenvalue weighted by Crippen LogP contribution is 2.41. The van der Waals surface area contributed by atoms with Crippen molar-refractivity contribution in [3.8, 4) is 34.3 Å². The molecule has 0 spiro atoms. The lowest BCUT2D eigenvalue weighted by molar-refractivity contribution is -0.118. The third-order valence-electron chi connectivity index (χ3n) is 5.27. The van der Waals surface area contributed by atoms with E-state index in [2.05, 4.69) is 20.7 Å². The van der Waals surface area contributed by atoms with Gasteiger partial charge in [0.2, 0.25) is 5.75 Å². The van der Waals surface area contributed by atoms with Crippen molar-refractivity contribution >= 4 is 23.9 Å². The van der Waals surface area contributed by atoms with E-state index >= 15 is 0 Å². The van der Waals surface area contributed by atoms with E-state index < -0.39 is 0 Å². The van der Waals surface area contributed by atoms with Crippen LogP contribution in [0.15, 0.2) is 71.1 Å². The number of thioether (sulfide) groups is 1. The predicted octanol–water partition coefficient (Wildman–Crippen LogP) is 3.54. The Balaban J connectivity index is 1.61. The molecule has 2 aromatic carbocycles. The first-order valence-electron chi connectivity index (χ1n) is 10.9. The molecule has 0 aliphatic carbocycles. The number of methoxy groups -OCH3 is 3. The van der Waals surface area contributed by atoms with Crippen molar-refractivity contribution in [3.63, 3.8) is 0 Å². The number of aryl methyl sites for hydroxylation is 1. The summed E-state index contributed by atoms with van der Waals surface area (Å²) in [6.45, 7) is 0. The Hall–Kier alpha value is -4.25. The van der Waals surface area contributed by atoms with Gasteiger partial charge in [-0.25, -0.2) is 5.43 Å². The van der Waals surface area contributed by atoms with E-state index in [1.165, 1.54) is 11.8 Å². The largest absolute Gasteiger partial charge is 0.493 e. The second-order valence-corrected chi connectivity index (χ2v) is 8.46. The van der Waals surface area contributed by atoms with Crippen LogP contribution in [0.25, 0.3) is 17.1 Å². The Morgan fingerprint density at radius 1 is 1.03 bits per heavy atom. The van der Waals surface area contributed by atoms with Gasteiger partial charge in [-0.05, 0) is 36.4 Å². The number of hydrogen-bond donors (Lipinski definition) is 1. The van der Waals surface area contributed by atoms with Crippen LogP contribution in [0.5, 0.6) is 17.2 Å². The molecule has 2 aromatic heterocycles. The lowest BCUT2D eigenvalue weighted by Crippen LogP contribution is -2.20. The summed E-state index contributed by atoms with van der Waals surface area (Å²) >= 11 is 1.26. The minimum atomic E-state index is -0.262. The van der Waals surface area contributed by atoms with Crippen LogP contribution in [0.1, 0.15) is 5.69 Å². The van der Waals surface area contributed by atoms with E-state index in [0.29, 0.717) is 33.8 Å². The summed E-state index contributed by atoms with van der Waals surface area (Å²) in [7, 11) is 6.57. The maximum Gasteiger partial charge on any atom is 0.250 e. The molecule has 0 aliphatic heterocycles. The first-order valence-corrected chi connectivity index (χ1v) is 11.9. The van der Waals surface area contributed by atoms with Gasteiger partial charge in [-0.3, -0.25) is 9.36 Å². The minimum absolute atomic E-state index is 0.102. The maximum absolute atomic E-state index is 12.4. The monoisotopic (exact) mass is 506 g/mol. The zero-order valence-electron chi connectivity index (χ0n) is 20.3. The van der Waals surface area contributed by atoms with Crippen LogP contribution in [-0.4, -0.2) is 58.5 Å². The van der Waals surface area contributed by atoms with Crippen molar-refractivity contribution < 1.29 is 19.0 Å². The molecule has 0 bridgehead atoms. The number of carbonyl (C=O) groups is 1. The SMILES string of the molecule is COc1cc(-c2nnc(SCC(=O)NN=Cc3cccn3C)n2-c2ccccc2)cc(OC)c1OC. The second-order valence-electron chi connectivity index (χ2n) is 7.52. The molecule has 4 aromatic rings. The van der Waals surface area contributed by atoms with Crippen molar-refractivity contribution in [3.05, 3.63) is 66.5 Å². The molecule has 186 valence electrons. The molecule has 0 saturated heterocycles. The zero-order valence-corrected chi connectivity index (χ0v) is 21.2. The molecule has 0 fully saturated rings. The summed E-state index contributed by atoms with van der Waals surface area (Å²) in [5, 5.41) is 13.4. The normalized spacial score (nSPS) is 11.0. The highest BCUT2D eigenvalue weighted by molar-refractivity contribution is 7.99. The lowest BCUT2D eigenvalue weighted by atomic mass is 10.1. The Bertz CT molecular complexity index is 1340. The molecule has 10 nitrogen and oxygen atoms in total. The molecular formula is C25H26N6O4S. The fourth-order valence-corrected chi connectivity index (χ4v) is 4.26. The number of ether oxygens (including phenoxy) is 3. The van der Waals surface area contributed by atoms with Gasteiger partial charge in [0, 0.05) is 24.5 Å². The molecule has 2 heterocycles. The first-order chi connectivity index (χ1) is 17.5.